The van der Waals surface area contributed by atoms with Gasteiger partial charge in [-0.1, -0.05) is 0 Å². The van der Waals surface area contributed by atoms with Crippen LogP contribution in [0.3, 0.4) is 0 Å². The van der Waals surface area contributed by atoms with E-state index in [0.29, 0.717) is 17.2 Å². The Morgan fingerprint density at radius 1 is 1.71 bits per heavy atom. The van der Waals surface area contributed by atoms with Crippen molar-refractivity contribution in [1.82, 2.24) is 4.98 Å². The first-order chi connectivity index (χ1) is 8.15. The van der Waals surface area contributed by atoms with Gasteiger partial charge in [0.15, 0.2) is 5.80 Å². The molecule has 1 atom stereocenters. The lowest BCUT2D eigenvalue weighted by Crippen LogP contribution is -2.04. The first-order valence-electron chi connectivity index (χ1n) is 5.09. The summed E-state index contributed by atoms with van der Waals surface area (Å²) in [4.78, 5) is 19.0. The van der Waals surface area contributed by atoms with Crippen molar-refractivity contribution in [1.29, 1.82) is 0 Å². The summed E-state index contributed by atoms with van der Waals surface area (Å²) in [5.41, 5.74) is 1.29. The number of aromatic carboxylic acids is 1. The molecule has 6 nitrogen and oxygen atoms in total. The van der Waals surface area contributed by atoms with Gasteiger partial charge in [-0.15, -0.1) is 0 Å². The lowest BCUT2D eigenvalue weighted by atomic mass is 9.65. The molecule has 1 aromatic heterocycles. The number of aliphatic imine (C=N–C) groups is 1. The summed E-state index contributed by atoms with van der Waals surface area (Å²) in [6.07, 6.45) is 1.31. The molecular formula is C9H7B2N2O4. The van der Waals surface area contributed by atoms with Crippen molar-refractivity contribution in [3.63, 3.8) is 0 Å². The number of aromatic nitrogens is 1. The number of carboxylic acids is 1. The second-order valence-electron chi connectivity index (χ2n) is 3.86. The number of aryl methyl sites for hydroxylation is 1. The Labute approximate surface area is 98.1 Å². The number of pyridine rings is 1. The fourth-order valence-corrected chi connectivity index (χ4v) is 1.45. The van der Waals surface area contributed by atoms with Crippen LogP contribution in [-0.4, -0.2) is 42.2 Å². The topological polar surface area (TPSA) is 87.6 Å². The van der Waals surface area contributed by atoms with Crippen LogP contribution in [0, 0.1) is 6.92 Å². The van der Waals surface area contributed by atoms with E-state index < -0.39 is 5.97 Å². The van der Waals surface area contributed by atoms with Crippen molar-refractivity contribution in [3.8, 4) is 0 Å². The normalized spacial score (nSPS) is 23.0. The van der Waals surface area contributed by atoms with Crippen molar-refractivity contribution < 1.29 is 19.2 Å². The molecule has 8 heteroatoms. The zero-order valence-electron chi connectivity index (χ0n) is 8.95. The predicted molar refractivity (Wildman–Crippen MR) is 60.5 cm³/mol. The molecule has 2 saturated heterocycles. The number of hydrogen-bond acceptors (Lipinski definition) is 5. The highest BCUT2D eigenvalue weighted by atomic mass is 16.6. The second kappa shape index (κ2) is 3.59. The van der Waals surface area contributed by atoms with Crippen LogP contribution in [0.5, 0.6) is 0 Å². The van der Waals surface area contributed by atoms with Gasteiger partial charge in [-0.05, 0) is 13.0 Å². The SMILES string of the molecule is Cc1ncc(C(=O)O)cc1N=C1OB1C1[B]O1. The van der Waals surface area contributed by atoms with Crippen molar-refractivity contribution in [2.45, 2.75) is 12.8 Å². The fourth-order valence-electron chi connectivity index (χ4n) is 1.45. The molecular weight excluding hydrogens is 222 g/mol. The van der Waals surface area contributed by atoms with Crippen LogP contribution in [0.25, 0.3) is 0 Å². The quantitative estimate of drug-likeness (QED) is 0.590. The molecule has 0 aromatic carbocycles. The van der Waals surface area contributed by atoms with Gasteiger partial charge >= 0.3 is 20.4 Å². The highest BCUT2D eigenvalue weighted by molar-refractivity contribution is 7.04. The minimum absolute atomic E-state index is 0.00433. The first kappa shape index (κ1) is 10.3. The van der Waals surface area contributed by atoms with E-state index in [1.165, 1.54) is 12.3 Å². The number of carboxylic acid groups (broad SMARTS) is 1. The number of rotatable bonds is 3. The third-order valence-electron chi connectivity index (χ3n) is 2.56. The molecule has 83 valence electrons. The molecule has 0 bridgehead atoms. The monoisotopic (exact) mass is 229 g/mol. The van der Waals surface area contributed by atoms with E-state index in [4.69, 9.17) is 14.4 Å². The Morgan fingerprint density at radius 3 is 3.12 bits per heavy atom. The van der Waals surface area contributed by atoms with E-state index >= 15 is 0 Å². The Bertz CT molecular complexity index is 530. The minimum atomic E-state index is -1.02. The standard InChI is InChI=1S/C9H7B2N2O4/c1-4-6(2-5(3-12-4)7(14)15)13-9-11(17-9)8-10-16-8/h2-3,8H,1H3,(H,14,15). The molecule has 1 N–H and O–H groups in total. The zero-order valence-corrected chi connectivity index (χ0v) is 8.95. The molecule has 1 unspecified atom stereocenters. The molecule has 2 aliphatic heterocycles. The van der Waals surface area contributed by atoms with E-state index in [1.54, 1.807) is 14.4 Å². The number of nitrogens with zero attached hydrogens (tertiary/aromatic N) is 2. The summed E-state index contributed by atoms with van der Waals surface area (Å²) in [5, 5.41) is 8.86. The number of carbonyl (C=O) groups is 1. The third-order valence-corrected chi connectivity index (χ3v) is 2.56. The van der Waals surface area contributed by atoms with E-state index in [9.17, 15) is 4.79 Å². The largest absolute Gasteiger partial charge is 0.544 e. The Balaban J connectivity index is 1.87. The van der Waals surface area contributed by atoms with Crippen LogP contribution < -0.4 is 0 Å². The lowest BCUT2D eigenvalue weighted by molar-refractivity contribution is 0.0696. The average molecular weight is 229 g/mol. The summed E-state index contributed by atoms with van der Waals surface area (Å²) < 4.78 is 10.2. The van der Waals surface area contributed by atoms with Crippen LogP contribution in [0.15, 0.2) is 17.3 Å². The molecule has 0 saturated carbocycles. The zero-order chi connectivity index (χ0) is 12.0. The predicted octanol–water partition coefficient (Wildman–Crippen LogP) is 0.194. The van der Waals surface area contributed by atoms with E-state index in [-0.39, 0.29) is 18.4 Å². The molecule has 2 fully saturated rings. The van der Waals surface area contributed by atoms with Gasteiger partial charge in [0, 0.05) is 6.20 Å². The smallest absolute Gasteiger partial charge is 0.474 e. The van der Waals surface area contributed by atoms with Gasteiger partial charge in [0.1, 0.15) is 0 Å². The van der Waals surface area contributed by atoms with Crippen molar-refractivity contribution >= 4 is 31.9 Å². The van der Waals surface area contributed by atoms with Crippen LogP contribution in [0.4, 0.5) is 5.69 Å². The summed E-state index contributed by atoms with van der Waals surface area (Å²) in [5.74, 6) is -0.452. The van der Waals surface area contributed by atoms with Gasteiger partial charge in [-0.2, -0.15) is 0 Å². The Morgan fingerprint density at radius 2 is 2.47 bits per heavy atom. The van der Waals surface area contributed by atoms with Gasteiger partial charge in [-0.25, -0.2) is 9.79 Å². The van der Waals surface area contributed by atoms with Gasteiger partial charge in [-0.3, -0.25) is 4.98 Å². The van der Waals surface area contributed by atoms with Crippen LogP contribution in [0.2, 0.25) is 0 Å². The minimum Gasteiger partial charge on any atom is -0.544 e. The molecule has 17 heavy (non-hydrogen) atoms. The van der Waals surface area contributed by atoms with E-state index in [1.807, 2.05) is 0 Å². The third kappa shape index (κ3) is 2.03. The first-order valence-corrected chi connectivity index (χ1v) is 5.09. The summed E-state index contributed by atoms with van der Waals surface area (Å²) in [7, 11) is 1.67. The molecule has 1 radical (unpaired) electrons. The highest BCUT2D eigenvalue weighted by Crippen LogP contribution is 2.27. The molecule has 0 spiro atoms. The molecule has 0 aliphatic carbocycles. The van der Waals surface area contributed by atoms with Crippen LogP contribution in [-0.2, 0) is 9.31 Å². The van der Waals surface area contributed by atoms with Crippen molar-refractivity contribution in [2.75, 3.05) is 0 Å². The van der Waals surface area contributed by atoms with Crippen LogP contribution >= 0.6 is 0 Å². The summed E-state index contributed by atoms with van der Waals surface area (Å²) in [6.45, 7) is 1.66. The highest BCUT2D eigenvalue weighted by Gasteiger charge is 2.56. The fraction of sp³-hybridized carbons (Fsp3) is 0.222. The summed E-state index contributed by atoms with van der Waals surface area (Å²) in [6, 6.07) is 1.48. The van der Waals surface area contributed by atoms with E-state index in [2.05, 4.69) is 9.98 Å². The lowest BCUT2D eigenvalue weighted by Gasteiger charge is -1.99. The summed E-state index contributed by atoms with van der Waals surface area (Å²) >= 11 is 0. The maximum Gasteiger partial charge on any atom is 0.474 e. The molecule has 1 aromatic rings. The van der Waals surface area contributed by atoms with Gasteiger partial charge < -0.3 is 14.4 Å². The van der Waals surface area contributed by atoms with Gasteiger partial charge in [0.2, 0.25) is 0 Å². The Kier molecular flexibility index (Phi) is 2.19. The Hall–Kier alpha value is -1.82. The van der Waals surface area contributed by atoms with Crippen molar-refractivity contribution in [3.05, 3.63) is 23.5 Å². The molecule has 2 aliphatic rings. The van der Waals surface area contributed by atoms with Gasteiger partial charge in [0.05, 0.1) is 22.8 Å². The molecule has 0 amide bonds. The molecule has 3 heterocycles. The van der Waals surface area contributed by atoms with E-state index in [0.717, 1.165) is 0 Å². The maximum atomic E-state index is 10.8. The average Bonchev–Trinajstić information content (AvgIpc) is 3.12. The maximum absolute atomic E-state index is 10.8. The van der Waals surface area contributed by atoms with Crippen LogP contribution in [0.1, 0.15) is 16.1 Å². The molecule has 3 rings (SSSR count). The van der Waals surface area contributed by atoms with Crippen molar-refractivity contribution in [2.24, 2.45) is 4.99 Å². The van der Waals surface area contributed by atoms with Gasteiger partial charge in [0.25, 0.3) is 0 Å². The second-order valence-corrected chi connectivity index (χ2v) is 3.86. The number of hydrogen-bond donors (Lipinski definition) is 1.